The Balaban J connectivity index is 1.34. The number of alkyl halides is 3. The van der Waals surface area contributed by atoms with E-state index in [2.05, 4.69) is 20.6 Å². The van der Waals surface area contributed by atoms with Gasteiger partial charge < -0.3 is 10.6 Å². The Morgan fingerprint density at radius 3 is 2.45 bits per heavy atom. The lowest BCUT2D eigenvalue weighted by molar-refractivity contribution is -0.137. The van der Waals surface area contributed by atoms with Crippen LogP contribution in [0.1, 0.15) is 16.7 Å². The number of anilines is 1. The average Bonchev–Trinajstić information content (AvgIpc) is 3.49. The van der Waals surface area contributed by atoms with Gasteiger partial charge in [-0.1, -0.05) is 30.4 Å². The molecule has 4 aromatic rings. The number of nitrogens with zero attached hydrogens (tertiary/aromatic N) is 3. The highest BCUT2D eigenvalue weighted by atomic mass is 32.2. The highest BCUT2D eigenvalue weighted by Gasteiger charge is 2.32. The second kappa shape index (κ2) is 12.6. The van der Waals surface area contributed by atoms with Gasteiger partial charge in [0, 0.05) is 37.6 Å². The molecule has 1 aliphatic heterocycles. The van der Waals surface area contributed by atoms with Gasteiger partial charge in [-0.2, -0.15) is 13.2 Å². The first kappa shape index (κ1) is 29.1. The monoisotopic (exact) mass is 595 g/mol. The number of nitrogens with one attached hydrogen (secondary N) is 2. The van der Waals surface area contributed by atoms with Crippen LogP contribution in [0.25, 0.3) is 11.3 Å². The third kappa shape index (κ3) is 7.07. The molecule has 12 heteroatoms. The van der Waals surface area contributed by atoms with Gasteiger partial charge >= 0.3 is 6.18 Å². The fraction of sp³-hybridized carbons (Fsp3) is 0.167. The van der Waals surface area contributed by atoms with E-state index < -0.39 is 40.5 Å². The zero-order chi connectivity index (χ0) is 29.7. The van der Waals surface area contributed by atoms with Crippen molar-refractivity contribution in [2.24, 2.45) is 0 Å². The number of halogens is 4. The van der Waals surface area contributed by atoms with Crippen molar-refractivity contribution in [3.05, 3.63) is 120 Å². The van der Waals surface area contributed by atoms with E-state index in [0.29, 0.717) is 34.1 Å². The van der Waals surface area contributed by atoms with E-state index in [4.69, 9.17) is 0 Å². The fourth-order valence-electron chi connectivity index (χ4n) is 4.33. The Kier molecular flexibility index (Phi) is 8.74. The topological polar surface area (TPSA) is 87.2 Å². The van der Waals surface area contributed by atoms with Crippen molar-refractivity contribution in [1.82, 2.24) is 19.6 Å². The summed E-state index contributed by atoms with van der Waals surface area (Å²) in [6, 6.07) is 16.3. The molecule has 2 N–H and O–H groups in total. The van der Waals surface area contributed by atoms with Crippen LogP contribution in [0.3, 0.4) is 0 Å². The molecule has 7 nitrogen and oxygen atoms in total. The first-order valence-electron chi connectivity index (χ1n) is 12.9. The molecular weight excluding hydrogens is 570 g/mol. The third-order valence-corrected chi connectivity index (χ3v) is 7.94. The van der Waals surface area contributed by atoms with E-state index >= 15 is 0 Å². The normalized spacial score (nSPS) is 15.9. The summed E-state index contributed by atoms with van der Waals surface area (Å²) >= 11 is 0. The van der Waals surface area contributed by atoms with E-state index in [1.54, 1.807) is 42.7 Å². The van der Waals surface area contributed by atoms with E-state index in [1.807, 2.05) is 6.07 Å². The lowest BCUT2D eigenvalue weighted by atomic mass is 10.1. The number of aromatic nitrogens is 2. The second-order valence-corrected chi connectivity index (χ2v) is 10.9. The number of benzene rings is 2. The molecule has 1 aliphatic rings. The maximum absolute atomic E-state index is 13.3. The summed E-state index contributed by atoms with van der Waals surface area (Å²) in [4.78, 5) is 22.2. The van der Waals surface area contributed by atoms with Crippen LogP contribution in [0.15, 0.2) is 102 Å². The molecule has 0 fully saturated rings. The molecule has 0 aliphatic carbocycles. The smallest absolute Gasteiger partial charge is 0.366 e. The van der Waals surface area contributed by atoms with Crippen LogP contribution in [-0.4, -0.2) is 37.0 Å². The van der Waals surface area contributed by atoms with Crippen LogP contribution in [0.2, 0.25) is 0 Å². The molecule has 5 rings (SSSR count). The highest BCUT2D eigenvalue weighted by molar-refractivity contribution is 7.82. The number of pyridine rings is 2. The predicted octanol–water partition coefficient (Wildman–Crippen LogP) is 5.49. The predicted molar refractivity (Wildman–Crippen MR) is 151 cm³/mol. The molecule has 42 heavy (non-hydrogen) atoms. The van der Waals surface area contributed by atoms with Gasteiger partial charge in [0.05, 0.1) is 16.2 Å². The Hall–Kier alpha value is -4.42. The molecule has 0 radical (unpaired) electrons. The second-order valence-electron chi connectivity index (χ2n) is 9.43. The Bertz CT molecular complexity index is 1600. The molecule has 1 amide bonds. The summed E-state index contributed by atoms with van der Waals surface area (Å²) in [6.45, 7) is 0.760. The van der Waals surface area contributed by atoms with Crippen molar-refractivity contribution >= 4 is 22.7 Å². The molecule has 2 atom stereocenters. The van der Waals surface area contributed by atoms with Gasteiger partial charge in [-0.15, -0.1) is 0 Å². The molecule has 3 heterocycles. The first-order chi connectivity index (χ1) is 20.2. The van der Waals surface area contributed by atoms with Crippen LogP contribution in [0.4, 0.5) is 23.4 Å². The van der Waals surface area contributed by atoms with Crippen LogP contribution >= 0.6 is 0 Å². The lowest BCUT2D eigenvalue weighted by Crippen LogP contribution is -2.43. The Labute approximate surface area is 241 Å². The number of rotatable bonds is 9. The quantitative estimate of drug-likeness (QED) is 0.197. The average molecular weight is 596 g/mol. The van der Waals surface area contributed by atoms with Gasteiger partial charge in [-0.25, -0.2) is 17.9 Å². The minimum absolute atomic E-state index is 0.0813. The summed E-state index contributed by atoms with van der Waals surface area (Å²) in [5.41, 5.74) is 1.67. The molecule has 2 aromatic heterocycles. The fourth-order valence-corrected chi connectivity index (χ4v) is 5.56. The van der Waals surface area contributed by atoms with Gasteiger partial charge in [-0.05, 0) is 65.7 Å². The molecule has 1 unspecified atom stereocenters. The number of hydrogen-bond acceptors (Lipinski definition) is 5. The number of carbonyl (C=O) groups excluding carboxylic acids is 1. The van der Waals surface area contributed by atoms with E-state index in [9.17, 15) is 26.6 Å². The van der Waals surface area contributed by atoms with Gasteiger partial charge in [0.25, 0.3) is 0 Å². The lowest BCUT2D eigenvalue weighted by Gasteiger charge is -2.22. The van der Waals surface area contributed by atoms with Crippen molar-refractivity contribution in [3.8, 4) is 11.3 Å². The van der Waals surface area contributed by atoms with Crippen LogP contribution in [-0.2, 0) is 35.0 Å². The third-order valence-electron chi connectivity index (χ3n) is 6.47. The molecule has 0 saturated carbocycles. The molecule has 0 spiro atoms. The van der Waals surface area contributed by atoms with E-state index in [1.165, 1.54) is 40.7 Å². The van der Waals surface area contributed by atoms with Gasteiger partial charge in [-0.3, -0.25) is 9.78 Å². The van der Waals surface area contributed by atoms with Crippen LogP contribution in [0, 0.1) is 5.82 Å². The number of carbonyl (C=O) groups is 1. The molecule has 2 aromatic carbocycles. The summed E-state index contributed by atoms with van der Waals surface area (Å²) in [6.07, 6.45) is 2.28. The molecule has 216 valence electrons. The van der Waals surface area contributed by atoms with Crippen molar-refractivity contribution in [1.29, 1.82) is 0 Å². The Morgan fingerprint density at radius 1 is 1.00 bits per heavy atom. The largest absolute Gasteiger partial charge is 0.416 e. The zero-order valence-electron chi connectivity index (χ0n) is 22.0. The number of amides is 1. The SMILES string of the molecule is O=C(NCc1cc(NCc2cccnc2)nc(-c2ccc(C(F)(F)F)cc2)c1)[C@@H]1C=CCN1S(=O)c1ccc(F)cc1. The first-order valence-corrected chi connectivity index (χ1v) is 14.0. The minimum Gasteiger partial charge on any atom is -0.366 e. The summed E-state index contributed by atoms with van der Waals surface area (Å²) in [5, 5.41) is 6.06. The standard InChI is InChI=1S/C30H25F4N5O2S/c31-24-9-11-25(12-10-24)42(41)39-14-2-4-27(39)29(40)37-19-21-15-26(22-5-7-23(8-6-22)30(32,33)34)38-28(16-21)36-18-20-3-1-13-35-17-20/h1-13,15-17,27H,14,18-19H2,(H,36,38)(H,37,40)/t27-,42?/m0/s1. The van der Waals surface area contributed by atoms with Crippen molar-refractivity contribution in [2.45, 2.75) is 30.2 Å². The summed E-state index contributed by atoms with van der Waals surface area (Å²) < 4.78 is 67.2. The van der Waals surface area contributed by atoms with Gasteiger partial charge in [0.2, 0.25) is 5.91 Å². The Morgan fingerprint density at radius 2 is 1.76 bits per heavy atom. The zero-order valence-corrected chi connectivity index (χ0v) is 22.8. The van der Waals surface area contributed by atoms with Crippen LogP contribution < -0.4 is 10.6 Å². The molecular formula is C30H25F4N5O2S. The van der Waals surface area contributed by atoms with Crippen molar-refractivity contribution in [2.75, 3.05) is 11.9 Å². The van der Waals surface area contributed by atoms with E-state index in [-0.39, 0.29) is 13.1 Å². The van der Waals surface area contributed by atoms with E-state index in [0.717, 1.165) is 17.7 Å². The molecule has 0 bridgehead atoms. The summed E-state index contributed by atoms with van der Waals surface area (Å²) in [5.74, 6) is -0.385. The van der Waals surface area contributed by atoms with Crippen molar-refractivity contribution < 1.29 is 26.6 Å². The van der Waals surface area contributed by atoms with Gasteiger partial charge in [0.15, 0.2) is 0 Å². The minimum atomic E-state index is -4.46. The number of hydrogen-bond donors (Lipinski definition) is 2. The highest BCUT2D eigenvalue weighted by Crippen LogP contribution is 2.31. The maximum atomic E-state index is 13.3. The maximum Gasteiger partial charge on any atom is 0.416 e. The van der Waals surface area contributed by atoms with Crippen molar-refractivity contribution in [3.63, 3.8) is 0 Å². The van der Waals surface area contributed by atoms with Gasteiger partial charge in [0.1, 0.15) is 28.7 Å². The molecule has 0 saturated heterocycles. The van der Waals surface area contributed by atoms with Crippen LogP contribution in [0.5, 0.6) is 0 Å². The summed E-state index contributed by atoms with van der Waals surface area (Å²) in [7, 11) is -1.69.